The Balaban J connectivity index is 2.23. The molecule has 0 aliphatic rings. The van der Waals surface area contributed by atoms with Gasteiger partial charge in [0.2, 0.25) is 0 Å². The predicted molar refractivity (Wildman–Crippen MR) is 47.7 cm³/mol. The van der Waals surface area contributed by atoms with Gasteiger partial charge in [-0.1, -0.05) is 0 Å². The van der Waals surface area contributed by atoms with Crippen molar-refractivity contribution in [2.24, 2.45) is 0 Å². The van der Waals surface area contributed by atoms with Crippen LogP contribution < -0.4 is 5.32 Å². The topological polar surface area (TPSA) is 32.3 Å². The zero-order chi connectivity index (χ0) is 8.10. The van der Waals surface area contributed by atoms with E-state index >= 15 is 0 Å². The molecular weight excluding hydrogens is 158 g/mol. The third-order valence-corrected chi connectivity index (χ3v) is 2.24. The highest BCUT2D eigenvalue weighted by Crippen LogP contribution is 2.04. The van der Waals surface area contributed by atoms with Gasteiger partial charge in [0.15, 0.2) is 0 Å². The fraction of sp³-hybridized carbons (Fsp3) is 0.500. The Morgan fingerprint density at radius 1 is 1.73 bits per heavy atom. The molecule has 1 aromatic heterocycles. The van der Waals surface area contributed by atoms with E-state index in [0.29, 0.717) is 0 Å². The summed E-state index contributed by atoms with van der Waals surface area (Å²) < 4.78 is 0. The lowest BCUT2D eigenvalue weighted by atomic mass is 10.3. The van der Waals surface area contributed by atoms with Crippen molar-refractivity contribution < 1.29 is 5.11 Å². The number of aliphatic hydroxyl groups is 1. The molecule has 0 radical (unpaired) electrons. The average Bonchev–Trinajstić information content (AvgIpc) is 2.52. The van der Waals surface area contributed by atoms with Crippen LogP contribution in [0.3, 0.4) is 0 Å². The smallest absolute Gasteiger partial charge is 0.0582 e. The van der Waals surface area contributed by atoms with Crippen LogP contribution in [-0.2, 0) is 6.54 Å². The minimum absolute atomic E-state index is 0.190. The highest BCUT2D eigenvalue weighted by Gasteiger charge is 1.98. The first-order chi connectivity index (χ1) is 5.33. The van der Waals surface area contributed by atoms with E-state index in [-0.39, 0.29) is 12.6 Å². The molecule has 0 bridgehead atoms. The summed E-state index contributed by atoms with van der Waals surface area (Å²) in [5.41, 5.74) is 1.29. The zero-order valence-electron chi connectivity index (χ0n) is 6.58. The van der Waals surface area contributed by atoms with Crippen LogP contribution in [-0.4, -0.2) is 17.8 Å². The van der Waals surface area contributed by atoms with Crippen molar-refractivity contribution in [1.29, 1.82) is 0 Å². The van der Waals surface area contributed by atoms with Gasteiger partial charge in [0.1, 0.15) is 0 Å². The summed E-state index contributed by atoms with van der Waals surface area (Å²) in [6.45, 7) is 3.02. The third kappa shape index (κ3) is 3.01. The fourth-order valence-corrected chi connectivity index (χ4v) is 1.42. The van der Waals surface area contributed by atoms with Crippen LogP contribution in [0.5, 0.6) is 0 Å². The monoisotopic (exact) mass is 171 g/mol. The first-order valence-corrected chi connectivity index (χ1v) is 4.62. The van der Waals surface area contributed by atoms with Crippen LogP contribution in [0.25, 0.3) is 0 Å². The fourth-order valence-electron chi connectivity index (χ4n) is 0.750. The normalized spacial score (nSPS) is 13.3. The van der Waals surface area contributed by atoms with Crippen molar-refractivity contribution in [1.82, 2.24) is 5.32 Å². The van der Waals surface area contributed by atoms with Gasteiger partial charge in [-0.2, -0.15) is 11.3 Å². The maximum Gasteiger partial charge on any atom is 0.0582 e. The SMILES string of the molecule is C[C@@H](CO)NCc1ccsc1. The van der Waals surface area contributed by atoms with Crippen molar-refractivity contribution in [3.63, 3.8) is 0 Å². The molecule has 11 heavy (non-hydrogen) atoms. The lowest BCUT2D eigenvalue weighted by Crippen LogP contribution is -2.28. The van der Waals surface area contributed by atoms with E-state index in [0.717, 1.165) is 6.54 Å². The molecule has 0 fully saturated rings. The summed E-state index contributed by atoms with van der Waals surface area (Å²) in [6, 6.07) is 2.27. The Morgan fingerprint density at radius 2 is 2.55 bits per heavy atom. The summed E-state index contributed by atoms with van der Waals surface area (Å²) in [7, 11) is 0. The molecule has 2 nitrogen and oxygen atoms in total. The van der Waals surface area contributed by atoms with Crippen LogP contribution in [0.4, 0.5) is 0 Å². The van der Waals surface area contributed by atoms with Crippen LogP contribution in [0, 0.1) is 0 Å². The molecule has 0 aliphatic carbocycles. The Hall–Kier alpha value is -0.380. The molecule has 0 spiro atoms. The van der Waals surface area contributed by atoms with Crippen LogP contribution in [0.1, 0.15) is 12.5 Å². The first kappa shape index (κ1) is 8.71. The summed E-state index contributed by atoms with van der Waals surface area (Å²) in [5, 5.41) is 16.1. The number of rotatable bonds is 4. The van der Waals surface area contributed by atoms with Gasteiger partial charge >= 0.3 is 0 Å². The van der Waals surface area contributed by atoms with E-state index in [1.165, 1.54) is 5.56 Å². The first-order valence-electron chi connectivity index (χ1n) is 3.68. The van der Waals surface area contributed by atoms with Crippen molar-refractivity contribution >= 4 is 11.3 Å². The molecule has 0 saturated heterocycles. The molecule has 0 amide bonds. The molecule has 2 N–H and O–H groups in total. The van der Waals surface area contributed by atoms with E-state index in [1.54, 1.807) is 11.3 Å². The van der Waals surface area contributed by atoms with Crippen molar-refractivity contribution in [3.8, 4) is 0 Å². The Bertz CT molecular complexity index is 186. The highest BCUT2D eigenvalue weighted by atomic mass is 32.1. The number of hydrogen-bond acceptors (Lipinski definition) is 3. The highest BCUT2D eigenvalue weighted by molar-refractivity contribution is 7.07. The molecular formula is C8H13NOS. The molecule has 0 saturated carbocycles. The van der Waals surface area contributed by atoms with E-state index in [1.807, 2.05) is 6.92 Å². The van der Waals surface area contributed by atoms with Gasteiger partial charge in [0.05, 0.1) is 6.61 Å². The molecule has 0 aliphatic heterocycles. The summed E-state index contributed by atoms with van der Waals surface area (Å²) >= 11 is 1.70. The van der Waals surface area contributed by atoms with E-state index in [9.17, 15) is 0 Å². The van der Waals surface area contributed by atoms with Crippen LogP contribution in [0.15, 0.2) is 16.8 Å². The van der Waals surface area contributed by atoms with E-state index in [2.05, 4.69) is 22.1 Å². The second-order valence-electron chi connectivity index (χ2n) is 2.60. The standard InChI is InChI=1S/C8H13NOS/c1-7(5-10)9-4-8-2-3-11-6-8/h2-3,6-7,9-10H,4-5H2,1H3/t7-/m0/s1. The average molecular weight is 171 g/mol. The number of nitrogens with one attached hydrogen (secondary N) is 1. The van der Waals surface area contributed by atoms with Crippen molar-refractivity contribution in [2.45, 2.75) is 19.5 Å². The van der Waals surface area contributed by atoms with Crippen molar-refractivity contribution in [3.05, 3.63) is 22.4 Å². The van der Waals surface area contributed by atoms with E-state index in [4.69, 9.17) is 5.11 Å². The molecule has 1 atom stereocenters. The quantitative estimate of drug-likeness (QED) is 0.714. The maximum absolute atomic E-state index is 8.70. The molecule has 0 unspecified atom stereocenters. The molecule has 62 valence electrons. The van der Waals surface area contributed by atoms with Gasteiger partial charge in [0, 0.05) is 12.6 Å². The Morgan fingerprint density at radius 3 is 3.09 bits per heavy atom. The zero-order valence-corrected chi connectivity index (χ0v) is 7.40. The summed E-state index contributed by atoms with van der Waals surface area (Å²) in [6.07, 6.45) is 0. The van der Waals surface area contributed by atoms with Crippen molar-refractivity contribution in [2.75, 3.05) is 6.61 Å². The molecule has 3 heteroatoms. The minimum atomic E-state index is 0.190. The molecule has 0 aromatic carbocycles. The lowest BCUT2D eigenvalue weighted by molar-refractivity contribution is 0.251. The second kappa shape index (κ2) is 4.49. The third-order valence-electron chi connectivity index (χ3n) is 1.51. The Labute approximate surface area is 70.9 Å². The van der Waals surface area contributed by atoms with Gasteiger partial charge < -0.3 is 10.4 Å². The molecule has 1 heterocycles. The second-order valence-corrected chi connectivity index (χ2v) is 3.38. The van der Waals surface area contributed by atoms with Gasteiger partial charge in [-0.3, -0.25) is 0 Å². The Kier molecular flexibility index (Phi) is 3.56. The van der Waals surface area contributed by atoms with Gasteiger partial charge in [0.25, 0.3) is 0 Å². The molecule has 1 aromatic rings. The largest absolute Gasteiger partial charge is 0.395 e. The molecule has 1 rings (SSSR count). The van der Waals surface area contributed by atoms with Gasteiger partial charge in [-0.25, -0.2) is 0 Å². The number of aliphatic hydroxyl groups excluding tert-OH is 1. The number of thiophene rings is 1. The lowest BCUT2D eigenvalue weighted by Gasteiger charge is -2.08. The van der Waals surface area contributed by atoms with Gasteiger partial charge in [-0.05, 0) is 29.3 Å². The van der Waals surface area contributed by atoms with Gasteiger partial charge in [-0.15, -0.1) is 0 Å². The summed E-state index contributed by atoms with van der Waals surface area (Å²) in [4.78, 5) is 0. The summed E-state index contributed by atoms with van der Waals surface area (Å²) in [5.74, 6) is 0. The van der Waals surface area contributed by atoms with Crippen LogP contribution in [0.2, 0.25) is 0 Å². The van der Waals surface area contributed by atoms with E-state index < -0.39 is 0 Å². The number of hydrogen-bond donors (Lipinski definition) is 2. The maximum atomic E-state index is 8.70. The van der Waals surface area contributed by atoms with Crippen LogP contribution >= 0.6 is 11.3 Å². The predicted octanol–water partition coefficient (Wildman–Crippen LogP) is 1.22. The minimum Gasteiger partial charge on any atom is -0.395 e.